The van der Waals surface area contributed by atoms with Gasteiger partial charge >= 0.3 is 0 Å². The quantitative estimate of drug-likeness (QED) is 0.416. The first-order valence-corrected chi connectivity index (χ1v) is 11.4. The summed E-state index contributed by atoms with van der Waals surface area (Å²) in [6.45, 7) is 4.16. The smallest absolute Gasteiger partial charge is 0.243 e. The lowest BCUT2D eigenvalue weighted by Crippen LogP contribution is -2.34. The molecule has 4 rings (SSSR count). The molecule has 0 unspecified atom stereocenters. The molecule has 1 aliphatic rings. The topological polar surface area (TPSA) is 45.2 Å². The Labute approximate surface area is 185 Å². The normalized spacial score (nSPS) is 15.5. The third-order valence-corrected chi connectivity index (χ3v) is 6.16. The number of hydrogen-bond acceptors (Lipinski definition) is 3. The van der Waals surface area contributed by atoms with Crippen molar-refractivity contribution in [1.82, 2.24) is 15.2 Å². The number of hydrogen-bond donors (Lipinski definition) is 1. The summed E-state index contributed by atoms with van der Waals surface area (Å²) in [5.41, 5.74) is 2.45. The van der Waals surface area contributed by atoms with E-state index in [1.54, 1.807) is 24.5 Å². The van der Waals surface area contributed by atoms with E-state index in [0.717, 1.165) is 44.6 Å². The second-order valence-corrected chi connectivity index (χ2v) is 8.30. The van der Waals surface area contributed by atoms with E-state index in [-0.39, 0.29) is 5.91 Å². The van der Waals surface area contributed by atoms with Gasteiger partial charge in [0, 0.05) is 25.0 Å². The summed E-state index contributed by atoms with van der Waals surface area (Å²) in [5, 5.41) is 5.73. The van der Waals surface area contributed by atoms with Crippen molar-refractivity contribution in [1.29, 1.82) is 0 Å². The molecule has 160 valence electrons. The maximum absolute atomic E-state index is 11.9. The molecule has 2 aromatic carbocycles. The lowest BCUT2D eigenvalue weighted by molar-refractivity contribution is -0.116. The van der Waals surface area contributed by atoms with Crippen molar-refractivity contribution in [3.05, 3.63) is 84.2 Å². The standard InChI is InChI=1S/C27H31N3O/c31-27(13-12-22-7-6-16-28-21-22)29-17-3-4-18-30-19-14-24(15-20-30)26-11-5-9-23-8-1-2-10-25(23)26/h1-2,5-13,16,21,24H,3-4,14-15,17-20H2,(H,29,31)/b13-12-. The maximum atomic E-state index is 11.9. The van der Waals surface area contributed by atoms with Gasteiger partial charge in [0.15, 0.2) is 0 Å². The summed E-state index contributed by atoms with van der Waals surface area (Å²) >= 11 is 0. The zero-order chi connectivity index (χ0) is 21.3. The van der Waals surface area contributed by atoms with E-state index >= 15 is 0 Å². The van der Waals surface area contributed by atoms with Gasteiger partial charge in [0.25, 0.3) is 0 Å². The highest BCUT2D eigenvalue weighted by Crippen LogP contribution is 2.33. The number of piperidine rings is 1. The summed E-state index contributed by atoms with van der Waals surface area (Å²) in [6.07, 6.45) is 11.4. The van der Waals surface area contributed by atoms with Crippen molar-refractivity contribution in [2.75, 3.05) is 26.2 Å². The van der Waals surface area contributed by atoms with Crippen LogP contribution in [0.25, 0.3) is 16.8 Å². The molecule has 1 amide bonds. The van der Waals surface area contributed by atoms with Crippen LogP contribution in [-0.2, 0) is 4.79 Å². The summed E-state index contributed by atoms with van der Waals surface area (Å²) in [4.78, 5) is 18.5. The third kappa shape index (κ3) is 6.02. The number of fused-ring (bicyclic) bond motifs is 1. The molecule has 0 saturated carbocycles. The summed E-state index contributed by atoms with van der Waals surface area (Å²) in [7, 11) is 0. The molecule has 1 fully saturated rings. The van der Waals surface area contributed by atoms with Gasteiger partial charge in [-0.25, -0.2) is 0 Å². The monoisotopic (exact) mass is 413 g/mol. The van der Waals surface area contributed by atoms with Crippen molar-refractivity contribution in [3.8, 4) is 0 Å². The zero-order valence-electron chi connectivity index (χ0n) is 18.0. The Morgan fingerprint density at radius 3 is 2.71 bits per heavy atom. The van der Waals surface area contributed by atoms with Crippen LogP contribution in [0.3, 0.4) is 0 Å². The predicted octanol–water partition coefficient (Wildman–Crippen LogP) is 5.02. The fourth-order valence-electron chi connectivity index (χ4n) is 4.45. The molecule has 0 radical (unpaired) electrons. The van der Waals surface area contributed by atoms with Gasteiger partial charge in [-0.15, -0.1) is 0 Å². The van der Waals surface area contributed by atoms with Crippen LogP contribution in [0, 0.1) is 0 Å². The van der Waals surface area contributed by atoms with Crippen molar-refractivity contribution in [3.63, 3.8) is 0 Å². The van der Waals surface area contributed by atoms with Crippen molar-refractivity contribution < 1.29 is 4.79 Å². The minimum atomic E-state index is -0.0419. The average molecular weight is 414 g/mol. The number of benzene rings is 2. The molecule has 1 saturated heterocycles. The first-order chi connectivity index (χ1) is 15.3. The number of amides is 1. The molecule has 4 heteroatoms. The molecule has 1 aromatic heterocycles. The first-order valence-electron chi connectivity index (χ1n) is 11.4. The van der Waals surface area contributed by atoms with Crippen molar-refractivity contribution >= 4 is 22.8 Å². The van der Waals surface area contributed by atoms with E-state index in [1.807, 2.05) is 12.1 Å². The van der Waals surface area contributed by atoms with Gasteiger partial charge < -0.3 is 10.2 Å². The Bertz CT molecular complexity index is 1000. The number of likely N-dealkylation sites (tertiary alicyclic amines) is 1. The Hall–Kier alpha value is -2.98. The number of nitrogens with zero attached hydrogens (tertiary/aromatic N) is 2. The van der Waals surface area contributed by atoms with Crippen LogP contribution in [0.15, 0.2) is 73.1 Å². The molecule has 1 aliphatic heterocycles. The number of unbranched alkanes of at least 4 members (excludes halogenated alkanes) is 1. The SMILES string of the molecule is O=C(/C=C\c1cccnc1)NCCCCN1CCC(c2cccc3ccccc23)CC1. The van der Waals surface area contributed by atoms with Crippen molar-refractivity contribution in [2.24, 2.45) is 0 Å². The van der Waals surface area contributed by atoms with Crippen LogP contribution in [0.2, 0.25) is 0 Å². The molecule has 0 bridgehead atoms. The highest BCUT2D eigenvalue weighted by molar-refractivity contribution is 5.91. The maximum Gasteiger partial charge on any atom is 0.243 e. The van der Waals surface area contributed by atoms with Crippen LogP contribution < -0.4 is 5.32 Å². The largest absolute Gasteiger partial charge is 0.353 e. The number of nitrogens with one attached hydrogen (secondary N) is 1. The van der Waals surface area contributed by atoms with Crippen LogP contribution in [-0.4, -0.2) is 42.0 Å². The number of pyridine rings is 1. The van der Waals surface area contributed by atoms with Gasteiger partial charge in [-0.05, 0) is 85.3 Å². The predicted molar refractivity (Wildman–Crippen MR) is 128 cm³/mol. The second kappa shape index (κ2) is 10.9. The highest BCUT2D eigenvalue weighted by atomic mass is 16.1. The molecule has 3 aromatic rings. The summed E-state index contributed by atoms with van der Waals surface area (Å²) < 4.78 is 0. The van der Waals surface area contributed by atoms with Gasteiger partial charge in [-0.1, -0.05) is 48.5 Å². The molecule has 4 nitrogen and oxygen atoms in total. The van der Waals surface area contributed by atoms with Gasteiger partial charge in [0.05, 0.1) is 0 Å². The lowest BCUT2D eigenvalue weighted by atomic mass is 9.86. The summed E-state index contributed by atoms with van der Waals surface area (Å²) in [5.74, 6) is 0.619. The molecule has 31 heavy (non-hydrogen) atoms. The van der Waals surface area contributed by atoms with E-state index in [2.05, 4.69) is 57.7 Å². The molecule has 0 atom stereocenters. The van der Waals surface area contributed by atoms with Gasteiger partial charge in [-0.3, -0.25) is 9.78 Å². The number of carbonyl (C=O) groups is 1. The second-order valence-electron chi connectivity index (χ2n) is 8.30. The first kappa shape index (κ1) is 21.3. The van der Waals surface area contributed by atoms with E-state index in [4.69, 9.17) is 0 Å². The Morgan fingerprint density at radius 2 is 1.87 bits per heavy atom. The average Bonchev–Trinajstić information content (AvgIpc) is 2.83. The minimum absolute atomic E-state index is 0.0419. The van der Waals surface area contributed by atoms with E-state index in [1.165, 1.54) is 29.2 Å². The van der Waals surface area contributed by atoms with Gasteiger partial charge in [0.2, 0.25) is 5.91 Å². The minimum Gasteiger partial charge on any atom is -0.353 e. The molecule has 2 heterocycles. The van der Waals surface area contributed by atoms with E-state index < -0.39 is 0 Å². The van der Waals surface area contributed by atoms with Crippen LogP contribution in [0.4, 0.5) is 0 Å². The van der Waals surface area contributed by atoms with Gasteiger partial charge in [-0.2, -0.15) is 0 Å². The molecule has 1 N–H and O–H groups in total. The number of aromatic nitrogens is 1. The third-order valence-electron chi connectivity index (χ3n) is 6.16. The molecular formula is C27H31N3O. The van der Waals surface area contributed by atoms with Crippen molar-refractivity contribution in [2.45, 2.75) is 31.6 Å². The number of rotatable bonds is 8. The Morgan fingerprint density at radius 1 is 1.03 bits per heavy atom. The molecule has 0 spiro atoms. The lowest BCUT2D eigenvalue weighted by Gasteiger charge is -2.32. The van der Waals surface area contributed by atoms with E-state index in [9.17, 15) is 4.79 Å². The van der Waals surface area contributed by atoms with E-state index in [0.29, 0.717) is 5.92 Å². The fraction of sp³-hybridized carbons (Fsp3) is 0.333. The number of carbonyl (C=O) groups excluding carboxylic acids is 1. The van der Waals surface area contributed by atoms with Gasteiger partial charge in [0.1, 0.15) is 0 Å². The van der Waals surface area contributed by atoms with Crippen LogP contribution in [0.1, 0.15) is 42.7 Å². The zero-order valence-corrected chi connectivity index (χ0v) is 18.0. The Kier molecular flexibility index (Phi) is 7.46. The summed E-state index contributed by atoms with van der Waals surface area (Å²) in [6, 6.07) is 19.3. The Balaban J connectivity index is 1.14. The van der Waals surface area contributed by atoms with Crippen LogP contribution in [0.5, 0.6) is 0 Å². The highest BCUT2D eigenvalue weighted by Gasteiger charge is 2.21. The van der Waals surface area contributed by atoms with Crippen LogP contribution >= 0.6 is 0 Å². The molecular weight excluding hydrogens is 382 g/mol. The fourth-order valence-corrected chi connectivity index (χ4v) is 4.45. The molecule has 0 aliphatic carbocycles.